The molecule has 0 aliphatic heterocycles. The smallest absolute Gasteiger partial charge is 0.305 e. The molecule has 13 heteroatoms. The molecule has 308 valence electrons. The number of carbonyl (C=O) groups is 6. The average molecular weight is 741 g/mol. The number of carbonyl (C=O) groups excluding carboxylic acids is 6. The first-order valence-electron chi connectivity index (χ1n) is 12.3. The first-order chi connectivity index (χ1) is 17.5. The summed E-state index contributed by atoms with van der Waals surface area (Å²) in [4.78, 5) is 70.0. The van der Waals surface area contributed by atoms with E-state index in [0.29, 0.717) is 6.42 Å². The summed E-state index contributed by atoms with van der Waals surface area (Å²) in [7, 11) is 0. The summed E-state index contributed by atoms with van der Waals surface area (Å²) in [6.45, 7) is 2.63. The maximum atomic E-state index is 12.5. The van der Waals surface area contributed by atoms with Crippen molar-refractivity contribution in [1.29, 1.82) is 0 Å². The van der Waals surface area contributed by atoms with E-state index in [1.807, 2.05) is 0 Å². The van der Waals surface area contributed by atoms with Gasteiger partial charge in [0.2, 0.25) is 5.91 Å². The number of Topliss-reactive ketones (excluding diaryl/α,β-unsaturated/α-hetero) is 3. The van der Waals surface area contributed by atoms with Crippen LogP contribution in [-0.2, 0) is 43.0 Å². The molecule has 0 spiro atoms. The van der Waals surface area contributed by atoms with Crippen molar-refractivity contribution in [3.63, 3.8) is 0 Å². The molecule has 0 bridgehead atoms. The van der Waals surface area contributed by atoms with Crippen LogP contribution < -0.4 is 11.5 Å². The number of aliphatic hydroxyl groups excluding tert-OH is 1. The van der Waals surface area contributed by atoms with Crippen LogP contribution >= 0.6 is 11.8 Å². The average Bonchev–Trinajstić information content (AvgIpc) is 2.87. The molecule has 1 amide bonds. The number of hydrogen-bond donors (Lipinski definition) is 3. The largest absolute Gasteiger partial charge is 0.462 e. The molecule has 0 aromatic rings. The van der Waals surface area contributed by atoms with Gasteiger partial charge in [0.15, 0.2) is 11.6 Å². The standard InChI is InChI=1S/C24H40N2O10S.12CH4/c1-3-23(32)35-13-18(36-24(33)4-2)14-37-15-19(25)21(30)10-16(11-27)20(29)6-5-9-34-12-17(28)7-8-22(26)31;;;;;;;;;;;;/h16,18-19,27H,3-15,25H2,1-2H3,(H2,26,31);12*1H4. The highest BCUT2D eigenvalue weighted by molar-refractivity contribution is 7.99. The number of hydrogen-bond acceptors (Lipinski definition) is 12. The molecule has 3 unspecified atom stereocenters. The quantitative estimate of drug-likeness (QED) is 0.0681. The Morgan fingerprint density at radius 2 is 1.22 bits per heavy atom. The van der Waals surface area contributed by atoms with Gasteiger partial charge in [-0.15, -0.1) is 0 Å². The number of esters is 2. The summed E-state index contributed by atoms with van der Waals surface area (Å²) in [5, 5.41) is 9.56. The Hall–Kier alpha value is -2.35. The Labute approximate surface area is 309 Å². The summed E-state index contributed by atoms with van der Waals surface area (Å²) in [6.07, 6.45) is -0.231. The molecule has 5 N–H and O–H groups in total. The van der Waals surface area contributed by atoms with Gasteiger partial charge in [-0.25, -0.2) is 0 Å². The molecular weight excluding hydrogens is 652 g/mol. The minimum Gasteiger partial charge on any atom is -0.462 e. The van der Waals surface area contributed by atoms with Crippen molar-refractivity contribution >= 4 is 47.0 Å². The predicted octanol–water partition coefficient (Wildman–Crippen LogP) is 7.72. The lowest BCUT2D eigenvalue weighted by Crippen LogP contribution is -2.37. The Morgan fingerprint density at radius 1 is 0.714 bits per heavy atom. The third-order valence-electron chi connectivity index (χ3n) is 5.07. The lowest BCUT2D eigenvalue weighted by Gasteiger charge is -2.19. The van der Waals surface area contributed by atoms with Crippen molar-refractivity contribution < 1.29 is 48.1 Å². The van der Waals surface area contributed by atoms with Crippen LogP contribution in [0, 0.1) is 5.92 Å². The maximum absolute atomic E-state index is 12.5. The van der Waals surface area contributed by atoms with Gasteiger partial charge >= 0.3 is 11.9 Å². The monoisotopic (exact) mass is 741 g/mol. The number of ether oxygens (including phenoxy) is 3. The third kappa shape index (κ3) is 45.7. The van der Waals surface area contributed by atoms with E-state index < -0.39 is 48.3 Å². The normalized spacial score (nSPS) is 10.0. The maximum Gasteiger partial charge on any atom is 0.305 e. The van der Waals surface area contributed by atoms with Gasteiger partial charge in [0, 0.05) is 62.6 Å². The van der Waals surface area contributed by atoms with Crippen LogP contribution in [0.15, 0.2) is 0 Å². The number of primary amides is 1. The minimum atomic E-state index is -0.901. The van der Waals surface area contributed by atoms with Crippen molar-refractivity contribution in [2.75, 3.05) is 37.9 Å². The zero-order chi connectivity index (χ0) is 28.2. The molecular formula is C36H88N2O10S. The van der Waals surface area contributed by atoms with E-state index in [0.717, 1.165) is 0 Å². The summed E-state index contributed by atoms with van der Waals surface area (Å²) in [5.41, 5.74) is 10.9. The highest BCUT2D eigenvalue weighted by atomic mass is 32.2. The Morgan fingerprint density at radius 3 is 1.67 bits per heavy atom. The molecule has 12 nitrogen and oxygen atoms in total. The first-order valence-corrected chi connectivity index (χ1v) is 13.4. The van der Waals surface area contributed by atoms with Gasteiger partial charge in [0.1, 0.15) is 25.1 Å². The topological polar surface area (TPSA) is 202 Å². The van der Waals surface area contributed by atoms with Crippen LogP contribution in [0.25, 0.3) is 0 Å². The van der Waals surface area contributed by atoms with Gasteiger partial charge in [-0.1, -0.05) is 103 Å². The molecule has 49 heavy (non-hydrogen) atoms. The van der Waals surface area contributed by atoms with Gasteiger partial charge in [-0.05, 0) is 6.42 Å². The van der Waals surface area contributed by atoms with Crippen molar-refractivity contribution in [2.24, 2.45) is 17.4 Å². The minimum absolute atomic E-state index is 0. The van der Waals surface area contributed by atoms with E-state index in [9.17, 15) is 33.9 Å². The molecule has 0 rings (SSSR count). The molecule has 0 saturated heterocycles. The van der Waals surface area contributed by atoms with E-state index in [1.54, 1.807) is 13.8 Å². The molecule has 0 aromatic heterocycles. The van der Waals surface area contributed by atoms with Crippen LogP contribution in [0.5, 0.6) is 0 Å². The van der Waals surface area contributed by atoms with Gasteiger partial charge in [-0.2, -0.15) is 11.8 Å². The lowest BCUT2D eigenvalue weighted by atomic mass is 9.93. The van der Waals surface area contributed by atoms with E-state index in [1.165, 1.54) is 11.8 Å². The van der Waals surface area contributed by atoms with E-state index >= 15 is 0 Å². The van der Waals surface area contributed by atoms with Crippen LogP contribution in [0.2, 0.25) is 0 Å². The second kappa shape index (κ2) is 52.5. The first kappa shape index (κ1) is 85.9. The van der Waals surface area contributed by atoms with Gasteiger partial charge in [0.25, 0.3) is 0 Å². The van der Waals surface area contributed by atoms with Crippen molar-refractivity contribution in [2.45, 2.75) is 160 Å². The Bertz CT molecular complexity index is 768. The Balaban J connectivity index is -0.0000000982. The molecule has 0 fully saturated rings. The number of ketones is 3. The van der Waals surface area contributed by atoms with Crippen molar-refractivity contribution in [3.05, 3.63) is 0 Å². The summed E-state index contributed by atoms with van der Waals surface area (Å²) in [5.74, 6) is -2.86. The number of amides is 1. The zero-order valence-corrected chi connectivity index (χ0v) is 22.4. The Kier molecular flexibility index (Phi) is 91.9. The number of aliphatic hydroxyl groups is 1. The second-order valence-electron chi connectivity index (χ2n) is 8.32. The lowest BCUT2D eigenvalue weighted by molar-refractivity contribution is -0.157. The molecule has 3 atom stereocenters. The second-order valence-corrected chi connectivity index (χ2v) is 9.40. The molecule has 0 aliphatic carbocycles. The zero-order valence-electron chi connectivity index (χ0n) is 21.6. The summed E-state index contributed by atoms with van der Waals surface area (Å²) in [6, 6.07) is -0.901. The van der Waals surface area contributed by atoms with Gasteiger partial charge < -0.3 is 30.8 Å². The fraction of sp³-hybridized carbons (Fsp3) is 0.833. The predicted molar refractivity (Wildman–Crippen MR) is 216 cm³/mol. The molecule has 0 saturated carbocycles. The molecule has 0 aliphatic rings. The van der Waals surface area contributed by atoms with E-state index in [-0.39, 0.29) is 171 Å². The van der Waals surface area contributed by atoms with E-state index in [4.69, 9.17) is 25.7 Å². The molecule has 0 aromatic carbocycles. The number of rotatable bonds is 23. The molecule has 0 heterocycles. The summed E-state index contributed by atoms with van der Waals surface area (Å²) >= 11 is 1.25. The van der Waals surface area contributed by atoms with Crippen LogP contribution in [0.4, 0.5) is 0 Å². The van der Waals surface area contributed by atoms with Gasteiger partial charge in [0.05, 0.1) is 12.6 Å². The fourth-order valence-corrected chi connectivity index (χ4v) is 3.84. The van der Waals surface area contributed by atoms with Crippen LogP contribution in [0.3, 0.4) is 0 Å². The summed E-state index contributed by atoms with van der Waals surface area (Å²) < 4.78 is 15.5. The number of nitrogens with two attached hydrogens (primary N) is 2. The van der Waals surface area contributed by atoms with Crippen LogP contribution in [-0.4, -0.2) is 90.4 Å². The number of thioether (sulfide) groups is 1. The fourth-order valence-electron chi connectivity index (χ4n) is 2.84. The van der Waals surface area contributed by atoms with Crippen molar-refractivity contribution in [1.82, 2.24) is 0 Å². The highest BCUT2D eigenvalue weighted by Crippen LogP contribution is 2.14. The highest BCUT2D eigenvalue weighted by Gasteiger charge is 2.25. The molecule has 0 radical (unpaired) electrons. The SMILES string of the molecule is C.C.C.C.C.C.C.C.C.C.C.C.CCC(=O)OCC(CSCC(N)C(=O)CC(CO)C(=O)CCCOCC(=O)CCC(N)=O)OC(=O)CC. The third-order valence-corrected chi connectivity index (χ3v) is 6.27. The van der Waals surface area contributed by atoms with Gasteiger partial charge in [-0.3, -0.25) is 28.8 Å². The van der Waals surface area contributed by atoms with Crippen molar-refractivity contribution in [3.8, 4) is 0 Å². The van der Waals surface area contributed by atoms with Crippen LogP contribution in [0.1, 0.15) is 148 Å². The van der Waals surface area contributed by atoms with E-state index in [2.05, 4.69) is 0 Å².